The average Bonchev–Trinajstić information content (AvgIpc) is 3.12. The van der Waals surface area contributed by atoms with Crippen molar-refractivity contribution in [2.24, 2.45) is 0 Å². The molecule has 27 heavy (non-hydrogen) atoms. The van der Waals surface area contributed by atoms with E-state index in [0.29, 0.717) is 12.8 Å². The molecule has 1 aliphatic heterocycles. The van der Waals surface area contributed by atoms with Gasteiger partial charge in [-0.05, 0) is 31.4 Å². The number of rotatable bonds is 4. The Bertz CT molecular complexity index is 913. The molecule has 3 rings (SSSR count). The highest BCUT2D eigenvalue weighted by Gasteiger charge is 2.39. The summed E-state index contributed by atoms with van der Waals surface area (Å²) in [7, 11) is -3.61. The Balaban J connectivity index is 1.62. The standard InChI is InChI=1S/C17H18F3N3O3S/c1-12-2-4-13(5-3-12)8-11-27(24,25)23-9-6-14(7-10-23)15-21-22-16(26-15)17(18,19)20/h2-5,8,11,14H,6-7,9-10H2,1H3/b11-8+. The van der Waals surface area contributed by atoms with Gasteiger partial charge in [0.15, 0.2) is 0 Å². The van der Waals surface area contributed by atoms with Gasteiger partial charge in [0.1, 0.15) is 0 Å². The third kappa shape index (κ3) is 4.75. The molecule has 6 nitrogen and oxygen atoms in total. The zero-order valence-electron chi connectivity index (χ0n) is 14.5. The fraction of sp³-hybridized carbons (Fsp3) is 0.412. The number of halogens is 3. The summed E-state index contributed by atoms with van der Waals surface area (Å²) < 4.78 is 68.5. The lowest BCUT2D eigenvalue weighted by Gasteiger charge is -2.28. The molecule has 1 aromatic heterocycles. The van der Waals surface area contributed by atoms with Crippen molar-refractivity contribution in [3.05, 3.63) is 52.6 Å². The van der Waals surface area contributed by atoms with Gasteiger partial charge in [0.05, 0.1) is 0 Å². The van der Waals surface area contributed by atoms with Gasteiger partial charge in [-0.3, -0.25) is 0 Å². The first kappa shape index (κ1) is 19.6. The summed E-state index contributed by atoms with van der Waals surface area (Å²) in [4.78, 5) is 0. The van der Waals surface area contributed by atoms with Gasteiger partial charge >= 0.3 is 12.1 Å². The van der Waals surface area contributed by atoms with Gasteiger partial charge in [-0.25, -0.2) is 8.42 Å². The van der Waals surface area contributed by atoms with Crippen LogP contribution in [0.1, 0.15) is 41.7 Å². The van der Waals surface area contributed by atoms with E-state index in [9.17, 15) is 21.6 Å². The Morgan fingerprint density at radius 2 is 1.78 bits per heavy atom. The second kappa shape index (κ2) is 7.43. The number of aromatic nitrogens is 2. The molecule has 0 radical (unpaired) electrons. The maximum absolute atomic E-state index is 12.5. The van der Waals surface area contributed by atoms with Crippen LogP contribution in [0.15, 0.2) is 34.1 Å². The zero-order chi connectivity index (χ0) is 19.7. The van der Waals surface area contributed by atoms with Crippen molar-refractivity contribution in [2.45, 2.75) is 31.9 Å². The zero-order valence-corrected chi connectivity index (χ0v) is 15.3. The highest BCUT2D eigenvalue weighted by atomic mass is 32.2. The van der Waals surface area contributed by atoms with Gasteiger partial charge in [-0.1, -0.05) is 29.8 Å². The molecule has 146 valence electrons. The molecule has 0 amide bonds. The molecule has 0 unspecified atom stereocenters. The van der Waals surface area contributed by atoms with Crippen LogP contribution in [0, 0.1) is 6.92 Å². The molecule has 2 aromatic rings. The Labute approximate surface area is 154 Å². The average molecular weight is 401 g/mol. The van der Waals surface area contributed by atoms with Crippen LogP contribution in [0.2, 0.25) is 0 Å². The minimum Gasteiger partial charge on any atom is -0.417 e. The summed E-state index contributed by atoms with van der Waals surface area (Å²) in [5, 5.41) is 7.62. The molecule has 0 aliphatic carbocycles. The normalized spacial score (nSPS) is 17.6. The first-order chi connectivity index (χ1) is 12.6. The maximum Gasteiger partial charge on any atom is 0.470 e. The lowest BCUT2D eigenvalue weighted by atomic mass is 9.98. The molecule has 10 heteroatoms. The molecular formula is C17H18F3N3O3S. The van der Waals surface area contributed by atoms with Crippen molar-refractivity contribution in [3.63, 3.8) is 0 Å². The second-order valence-electron chi connectivity index (χ2n) is 6.37. The first-order valence-corrected chi connectivity index (χ1v) is 9.81. The number of benzene rings is 1. The van der Waals surface area contributed by atoms with Gasteiger partial charge in [0, 0.05) is 24.4 Å². The number of hydrogen-bond acceptors (Lipinski definition) is 5. The maximum atomic E-state index is 12.5. The number of hydrogen-bond donors (Lipinski definition) is 0. The van der Waals surface area contributed by atoms with Gasteiger partial charge < -0.3 is 4.42 Å². The highest BCUT2D eigenvalue weighted by molar-refractivity contribution is 7.92. The lowest BCUT2D eigenvalue weighted by Crippen LogP contribution is -2.36. The van der Waals surface area contributed by atoms with E-state index in [4.69, 9.17) is 4.42 Å². The molecule has 0 atom stereocenters. The van der Waals surface area contributed by atoms with E-state index in [2.05, 4.69) is 10.2 Å². The summed E-state index contributed by atoms with van der Waals surface area (Å²) in [6.07, 6.45) is -2.53. The largest absolute Gasteiger partial charge is 0.470 e. The number of aryl methyl sites for hydroxylation is 1. The van der Waals surface area contributed by atoms with Crippen molar-refractivity contribution in [3.8, 4) is 0 Å². The molecule has 0 spiro atoms. The molecule has 2 heterocycles. The van der Waals surface area contributed by atoms with Crippen LogP contribution in [0.3, 0.4) is 0 Å². The number of piperidine rings is 1. The van der Waals surface area contributed by atoms with Crippen LogP contribution in [0.5, 0.6) is 0 Å². The Morgan fingerprint density at radius 1 is 1.15 bits per heavy atom. The third-order valence-electron chi connectivity index (χ3n) is 4.36. The first-order valence-electron chi connectivity index (χ1n) is 8.31. The Kier molecular flexibility index (Phi) is 5.38. The molecule has 0 saturated carbocycles. The Morgan fingerprint density at radius 3 is 2.33 bits per heavy atom. The van der Waals surface area contributed by atoms with E-state index in [-0.39, 0.29) is 24.9 Å². The van der Waals surface area contributed by atoms with Gasteiger partial charge in [0.2, 0.25) is 15.9 Å². The molecule has 1 aliphatic rings. The van der Waals surface area contributed by atoms with E-state index in [1.165, 1.54) is 10.4 Å². The minimum atomic E-state index is -4.68. The van der Waals surface area contributed by atoms with E-state index < -0.39 is 22.1 Å². The highest BCUT2D eigenvalue weighted by Crippen LogP contribution is 2.33. The van der Waals surface area contributed by atoms with Crippen molar-refractivity contribution >= 4 is 16.1 Å². The summed E-state index contributed by atoms with van der Waals surface area (Å²) in [6, 6.07) is 7.41. The van der Waals surface area contributed by atoms with Crippen LogP contribution in [-0.4, -0.2) is 36.0 Å². The van der Waals surface area contributed by atoms with Crippen LogP contribution < -0.4 is 0 Å². The summed E-state index contributed by atoms with van der Waals surface area (Å²) in [6.45, 7) is 2.29. The summed E-state index contributed by atoms with van der Waals surface area (Å²) in [5.41, 5.74) is 1.84. The van der Waals surface area contributed by atoms with E-state index in [0.717, 1.165) is 16.5 Å². The fourth-order valence-electron chi connectivity index (χ4n) is 2.80. The third-order valence-corrected chi connectivity index (χ3v) is 5.92. The van der Waals surface area contributed by atoms with Crippen molar-refractivity contribution in [1.29, 1.82) is 0 Å². The topological polar surface area (TPSA) is 76.3 Å². The van der Waals surface area contributed by atoms with Crippen molar-refractivity contribution in [2.75, 3.05) is 13.1 Å². The molecule has 1 saturated heterocycles. The van der Waals surface area contributed by atoms with Crippen molar-refractivity contribution < 1.29 is 26.0 Å². The molecule has 0 bridgehead atoms. The number of sulfonamides is 1. The van der Waals surface area contributed by atoms with Gasteiger partial charge in [-0.2, -0.15) is 17.5 Å². The van der Waals surface area contributed by atoms with E-state index in [1.54, 1.807) is 0 Å². The molecular weight excluding hydrogens is 383 g/mol. The van der Waals surface area contributed by atoms with Crippen LogP contribution in [0.4, 0.5) is 13.2 Å². The number of nitrogens with zero attached hydrogens (tertiary/aromatic N) is 3. The molecule has 1 fully saturated rings. The lowest BCUT2D eigenvalue weighted by molar-refractivity contribution is -0.157. The number of alkyl halides is 3. The fourth-order valence-corrected chi connectivity index (χ4v) is 4.02. The monoisotopic (exact) mass is 401 g/mol. The molecule has 1 aromatic carbocycles. The predicted molar refractivity (Wildman–Crippen MR) is 92.0 cm³/mol. The van der Waals surface area contributed by atoms with Gasteiger partial charge in [0.25, 0.3) is 0 Å². The van der Waals surface area contributed by atoms with Crippen LogP contribution in [0.25, 0.3) is 6.08 Å². The van der Waals surface area contributed by atoms with E-state index >= 15 is 0 Å². The van der Waals surface area contributed by atoms with Crippen LogP contribution in [-0.2, 0) is 16.2 Å². The molecule has 0 N–H and O–H groups in total. The minimum absolute atomic E-state index is 0.102. The Hall–Kier alpha value is -2.20. The van der Waals surface area contributed by atoms with Crippen LogP contribution >= 0.6 is 0 Å². The van der Waals surface area contributed by atoms with Crippen molar-refractivity contribution in [1.82, 2.24) is 14.5 Å². The smallest absolute Gasteiger partial charge is 0.417 e. The SMILES string of the molecule is Cc1ccc(/C=C/S(=O)(=O)N2CCC(c3nnc(C(F)(F)F)o3)CC2)cc1. The summed E-state index contributed by atoms with van der Waals surface area (Å²) in [5.74, 6) is -1.87. The second-order valence-corrected chi connectivity index (χ2v) is 8.19. The van der Waals surface area contributed by atoms with Gasteiger partial charge in [-0.15, -0.1) is 10.2 Å². The van der Waals surface area contributed by atoms with E-state index in [1.807, 2.05) is 31.2 Å². The quantitative estimate of drug-likeness (QED) is 0.783. The predicted octanol–water partition coefficient (Wildman–Crippen LogP) is 3.58. The summed E-state index contributed by atoms with van der Waals surface area (Å²) >= 11 is 0.